The Labute approximate surface area is 129 Å². The number of hydrogen-bond acceptors (Lipinski definition) is 2. The Morgan fingerprint density at radius 2 is 1.57 bits per heavy atom. The van der Waals surface area contributed by atoms with Gasteiger partial charge in [0.15, 0.2) is 0 Å². The lowest BCUT2D eigenvalue weighted by Crippen LogP contribution is -2.46. The molecule has 0 aromatic rings. The number of carbonyl (C=O) groups is 2. The highest BCUT2D eigenvalue weighted by Crippen LogP contribution is 2.32. The smallest absolute Gasteiger partial charge is 0.310 e. The molecule has 0 aliphatic rings. The van der Waals surface area contributed by atoms with E-state index in [0.717, 1.165) is 12.8 Å². The number of amides is 1. The molecule has 0 aromatic carbocycles. The second-order valence-corrected chi connectivity index (χ2v) is 6.96. The molecule has 4 heteroatoms. The molecule has 0 aliphatic heterocycles. The zero-order valence-electron chi connectivity index (χ0n) is 14.8. The van der Waals surface area contributed by atoms with E-state index in [2.05, 4.69) is 27.7 Å². The van der Waals surface area contributed by atoms with Crippen LogP contribution in [0.2, 0.25) is 0 Å². The van der Waals surface area contributed by atoms with Gasteiger partial charge in [-0.3, -0.25) is 9.59 Å². The molecule has 1 atom stereocenters. The van der Waals surface area contributed by atoms with Crippen LogP contribution >= 0.6 is 0 Å². The average molecular weight is 299 g/mol. The van der Waals surface area contributed by atoms with Crippen molar-refractivity contribution in [2.75, 3.05) is 6.54 Å². The third-order valence-electron chi connectivity index (χ3n) is 4.55. The van der Waals surface area contributed by atoms with Gasteiger partial charge in [-0.1, -0.05) is 41.5 Å². The molecule has 1 N–H and O–H groups in total. The van der Waals surface area contributed by atoms with Gasteiger partial charge in [-0.2, -0.15) is 0 Å². The van der Waals surface area contributed by atoms with Crippen molar-refractivity contribution < 1.29 is 14.7 Å². The Kier molecular flexibility index (Phi) is 7.98. The van der Waals surface area contributed by atoms with Crippen LogP contribution in [0.3, 0.4) is 0 Å². The van der Waals surface area contributed by atoms with Crippen LogP contribution < -0.4 is 0 Å². The lowest BCUT2D eigenvalue weighted by molar-refractivity contribution is -0.156. The van der Waals surface area contributed by atoms with Gasteiger partial charge >= 0.3 is 5.97 Å². The number of aliphatic carboxylic acids is 1. The number of carboxylic acid groups (broad SMARTS) is 1. The minimum absolute atomic E-state index is 0.0315. The van der Waals surface area contributed by atoms with Gasteiger partial charge in [-0.25, -0.2) is 0 Å². The van der Waals surface area contributed by atoms with Gasteiger partial charge < -0.3 is 10.0 Å². The van der Waals surface area contributed by atoms with E-state index in [0.29, 0.717) is 12.5 Å². The largest absolute Gasteiger partial charge is 0.481 e. The molecule has 0 aliphatic carbocycles. The van der Waals surface area contributed by atoms with E-state index < -0.39 is 11.4 Å². The molecule has 1 amide bonds. The second-order valence-electron chi connectivity index (χ2n) is 6.96. The standard InChI is InChI=1S/C17H33NO3/c1-8-14(9-2)18(11-12(3)4)15(19)10-17(7,13(5)6)16(20)21/h12-14H,8-11H2,1-7H3,(H,20,21). The number of carboxylic acids is 1. The van der Waals surface area contributed by atoms with E-state index in [4.69, 9.17) is 0 Å². The predicted octanol–water partition coefficient (Wildman–Crippen LogP) is 3.80. The molecule has 0 saturated heterocycles. The fourth-order valence-electron chi connectivity index (χ4n) is 2.52. The summed E-state index contributed by atoms with van der Waals surface area (Å²) in [6.45, 7) is 14.4. The third-order valence-corrected chi connectivity index (χ3v) is 4.55. The summed E-state index contributed by atoms with van der Waals surface area (Å²) in [7, 11) is 0. The topological polar surface area (TPSA) is 57.6 Å². The van der Waals surface area contributed by atoms with E-state index in [1.807, 2.05) is 18.7 Å². The van der Waals surface area contributed by atoms with Crippen molar-refractivity contribution in [3.8, 4) is 0 Å². The Hall–Kier alpha value is -1.06. The summed E-state index contributed by atoms with van der Waals surface area (Å²) in [4.78, 5) is 26.2. The molecule has 21 heavy (non-hydrogen) atoms. The molecule has 0 saturated carbocycles. The number of hydrogen-bond donors (Lipinski definition) is 1. The fourth-order valence-corrected chi connectivity index (χ4v) is 2.52. The molecule has 0 radical (unpaired) electrons. The molecule has 0 heterocycles. The summed E-state index contributed by atoms with van der Waals surface area (Å²) < 4.78 is 0. The molecule has 0 fully saturated rings. The SMILES string of the molecule is CCC(CC)N(CC(C)C)C(=O)CC(C)(C(=O)O)C(C)C. The maximum Gasteiger partial charge on any atom is 0.310 e. The molecule has 1 unspecified atom stereocenters. The molecular formula is C17H33NO3. The van der Waals surface area contributed by atoms with Crippen LogP contribution in [0, 0.1) is 17.3 Å². The summed E-state index contributed by atoms with van der Waals surface area (Å²) >= 11 is 0. The Morgan fingerprint density at radius 3 is 1.86 bits per heavy atom. The normalized spacial score (nSPS) is 14.6. The fraction of sp³-hybridized carbons (Fsp3) is 0.882. The highest BCUT2D eigenvalue weighted by atomic mass is 16.4. The first kappa shape index (κ1) is 19.9. The molecule has 0 rings (SSSR count). The van der Waals surface area contributed by atoms with Crippen molar-refractivity contribution in [3.63, 3.8) is 0 Å². The van der Waals surface area contributed by atoms with Crippen LogP contribution in [0.15, 0.2) is 0 Å². The van der Waals surface area contributed by atoms with Crippen molar-refractivity contribution >= 4 is 11.9 Å². The average Bonchev–Trinajstić information content (AvgIpc) is 2.37. The first-order valence-corrected chi connectivity index (χ1v) is 8.12. The van der Waals surface area contributed by atoms with Gasteiger partial charge in [-0.15, -0.1) is 0 Å². The van der Waals surface area contributed by atoms with Crippen LogP contribution in [-0.2, 0) is 9.59 Å². The van der Waals surface area contributed by atoms with Crippen LogP contribution in [0.1, 0.15) is 67.7 Å². The second kappa shape index (κ2) is 8.40. The molecular weight excluding hydrogens is 266 g/mol. The zero-order chi connectivity index (χ0) is 16.8. The van der Waals surface area contributed by atoms with Gasteiger partial charge in [0.2, 0.25) is 5.91 Å². The first-order valence-electron chi connectivity index (χ1n) is 8.12. The van der Waals surface area contributed by atoms with Crippen LogP contribution in [-0.4, -0.2) is 34.5 Å². The monoisotopic (exact) mass is 299 g/mol. The molecule has 124 valence electrons. The van der Waals surface area contributed by atoms with Crippen molar-refractivity contribution in [1.82, 2.24) is 4.90 Å². The van der Waals surface area contributed by atoms with Gasteiger partial charge in [0.25, 0.3) is 0 Å². The summed E-state index contributed by atoms with van der Waals surface area (Å²) in [6, 6.07) is 0.199. The van der Waals surface area contributed by atoms with Crippen molar-refractivity contribution in [2.45, 2.75) is 73.8 Å². The quantitative estimate of drug-likeness (QED) is 0.704. The summed E-state index contributed by atoms with van der Waals surface area (Å²) in [5.41, 5.74) is -1.00. The van der Waals surface area contributed by atoms with E-state index in [1.165, 1.54) is 0 Å². The highest BCUT2D eigenvalue weighted by molar-refractivity contribution is 5.85. The lowest BCUT2D eigenvalue weighted by atomic mass is 9.76. The number of nitrogens with zero attached hydrogens (tertiary/aromatic N) is 1. The Bertz CT molecular complexity index is 348. The van der Waals surface area contributed by atoms with E-state index in [1.54, 1.807) is 6.92 Å². The van der Waals surface area contributed by atoms with Gasteiger partial charge in [-0.05, 0) is 31.6 Å². The van der Waals surface area contributed by atoms with E-state index in [9.17, 15) is 14.7 Å². The lowest BCUT2D eigenvalue weighted by Gasteiger charge is -2.36. The molecule has 0 bridgehead atoms. The first-order chi connectivity index (χ1) is 9.59. The van der Waals surface area contributed by atoms with Crippen LogP contribution in [0.4, 0.5) is 0 Å². The zero-order valence-corrected chi connectivity index (χ0v) is 14.8. The predicted molar refractivity (Wildman–Crippen MR) is 86.1 cm³/mol. The molecule has 4 nitrogen and oxygen atoms in total. The van der Waals surface area contributed by atoms with Gasteiger partial charge in [0, 0.05) is 19.0 Å². The minimum Gasteiger partial charge on any atom is -0.481 e. The minimum atomic E-state index is -1.00. The van der Waals surface area contributed by atoms with Gasteiger partial charge in [0.05, 0.1) is 5.41 Å². The maximum absolute atomic E-state index is 12.7. The van der Waals surface area contributed by atoms with E-state index >= 15 is 0 Å². The van der Waals surface area contributed by atoms with Crippen molar-refractivity contribution in [3.05, 3.63) is 0 Å². The Balaban J connectivity index is 5.24. The van der Waals surface area contributed by atoms with Crippen molar-refractivity contribution in [1.29, 1.82) is 0 Å². The maximum atomic E-state index is 12.7. The highest BCUT2D eigenvalue weighted by Gasteiger charge is 2.40. The van der Waals surface area contributed by atoms with Crippen LogP contribution in [0.5, 0.6) is 0 Å². The summed E-state index contributed by atoms with van der Waals surface area (Å²) in [6.07, 6.45) is 1.88. The molecule has 0 aromatic heterocycles. The van der Waals surface area contributed by atoms with E-state index in [-0.39, 0.29) is 24.3 Å². The summed E-state index contributed by atoms with van der Waals surface area (Å²) in [5.74, 6) is -0.623. The van der Waals surface area contributed by atoms with Gasteiger partial charge in [0.1, 0.15) is 0 Å². The molecule has 0 spiro atoms. The van der Waals surface area contributed by atoms with Crippen molar-refractivity contribution in [2.24, 2.45) is 17.3 Å². The Morgan fingerprint density at radius 1 is 1.10 bits per heavy atom. The third kappa shape index (κ3) is 5.33. The number of carbonyl (C=O) groups excluding carboxylic acids is 1. The van der Waals surface area contributed by atoms with Crippen LogP contribution in [0.25, 0.3) is 0 Å². The summed E-state index contributed by atoms with van der Waals surface area (Å²) in [5, 5.41) is 9.50. The number of rotatable bonds is 9.